The molecule has 0 fully saturated rings. The van der Waals surface area contributed by atoms with Gasteiger partial charge in [0.05, 0.1) is 22.7 Å². The second kappa shape index (κ2) is 18.5. The van der Waals surface area contributed by atoms with Crippen molar-refractivity contribution in [2.24, 2.45) is 0 Å². The summed E-state index contributed by atoms with van der Waals surface area (Å²) in [6.45, 7) is 0. The first-order chi connectivity index (χ1) is 34.3. The number of anilines is 6. The molecule has 12 rings (SSSR count). The summed E-state index contributed by atoms with van der Waals surface area (Å²) >= 11 is 1.87. The van der Waals surface area contributed by atoms with Gasteiger partial charge in [-0.1, -0.05) is 224 Å². The molecular formula is C66H46N2S. The van der Waals surface area contributed by atoms with Crippen LogP contribution in [0.1, 0.15) is 0 Å². The Bertz CT molecular complexity index is 3630. The van der Waals surface area contributed by atoms with E-state index in [9.17, 15) is 0 Å². The number of rotatable bonds is 11. The highest BCUT2D eigenvalue weighted by Gasteiger charge is 2.25. The van der Waals surface area contributed by atoms with Crippen LogP contribution < -0.4 is 9.80 Å². The lowest BCUT2D eigenvalue weighted by atomic mass is 9.96. The summed E-state index contributed by atoms with van der Waals surface area (Å²) in [7, 11) is 0. The third kappa shape index (κ3) is 7.95. The monoisotopic (exact) mass is 898 g/mol. The first-order valence-corrected chi connectivity index (χ1v) is 24.3. The van der Waals surface area contributed by atoms with Crippen molar-refractivity contribution in [3.05, 3.63) is 279 Å². The van der Waals surface area contributed by atoms with Gasteiger partial charge in [-0.05, 0) is 93.5 Å². The van der Waals surface area contributed by atoms with Gasteiger partial charge >= 0.3 is 0 Å². The average molecular weight is 899 g/mol. The molecule has 0 bridgehead atoms. The summed E-state index contributed by atoms with van der Waals surface area (Å²) in [5, 5.41) is 2.49. The fraction of sp³-hybridized carbons (Fsp3) is 0. The van der Waals surface area contributed by atoms with Gasteiger partial charge in [-0.3, -0.25) is 0 Å². The van der Waals surface area contributed by atoms with E-state index in [1.165, 1.54) is 42.4 Å². The Labute approximate surface area is 407 Å². The molecule has 326 valence electrons. The summed E-state index contributed by atoms with van der Waals surface area (Å²) in [6, 6.07) is 101. The SMILES string of the molecule is c1ccc(-c2ccc(N(c3ccccc3-c3cccc(N(c4ccccc4-c4ccccc4)c4ccccc4-c4ccccc4)c3)c3ccc(-c4ccccc4)c4sc5ccccc5c34)cc2)cc1. The van der Waals surface area contributed by atoms with Crippen LogP contribution >= 0.6 is 11.3 Å². The van der Waals surface area contributed by atoms with Gasteiger partial charge in [0.15, 0.2) is 0 Å². The maximum absolute atomic E-state index is 2.49. The van der Waals surface area contributed by atoms with E-state index in [2.05, 4.69) is 289 Å². The van der Waals surface area contributed by atoms with Crippen LogP contribution in [0.2, 0.25) is 0 Å². The van der Waals surface area contributed by atoms with Crippen molar-refractivity contribution in [3.8, 4) is 55.6 Å². The molecule has 0 unspecified atom stereocenters. The van der Waals surface area contributed by atoms with Crippen LogP contribution in [-0.4, -0.2) is 0 Å². The maximum atomic E-state index is 2.49. The van der Waals surface area contributed by atoms with Gasteiger partial charge in [0.1, 0.15) is 0 Å². The van der Waals surface area contributed by atoms with E-state index in [1.54, 1.807) is 0 Å². The third-order valence-corrected chi connectivity index (χ3v) is 14.3. The number of para-hydroxylation sites is 3. The molecule has 0 saturated carbocycles. The Morgan fingerprint density at radius 2 is 0.667 bits per heavy atom. The van der Waals surface area contributed by atoms with Gasteiger partial charge in [-0.25, -0.2) is 0 Å². The quantitative estimate of drug-likeness (QED) is 0.128. The van der Waals surface area contributed by atoms with Crippen LogP contribution in [0.4, 0.5) is 34.1 Å². The van der Waals surface area contributed by atoms with Crippen molar-refractivity contribution < 1.29 is 0 Å². The molecule has 69 heavy (non-hydrogen) atoms. The zero-order valence-corrected chi connectivity index (χ0v) is 38.7. The van der Waals surface area contributed by atoms with E-state index < -0.39 is 0 Å². The lowest BCUT2D eigenvalue weighted by Gasteiger charge is -2.31. The molecule has 0 aliphatic carbocycles. The molecule has 0 radical (unpaired) electrons. The Morgan fingerprint density at radius 1 is 0.246 bits per heavy atom. The number of hydrogen-bond donors (Lipinski definition) is 0. The Balaban J connectivity index is 1.08. The smallest absolute Gasteiger partial charge is 0.0555 e. The summed E-state index contributed by atoms with van der Waals surface area (Å²) in [5.74, 6) is 0. The minimum atomic E-state index is 1.06. The van der Waals surface area contributed by atoms with E-state index in [0.717, 1.165) is 67.5 Å². The fourth-order valence-electron chi connectivity index (χ4n) is 9.88. The van der Waals surface area contributed by atoms with Crippen LogP contribution in [0.3, 0.4) is 0 Å². The molecule has 12 aromatic rings. The van der Waals surface area contributed by atoms with Crippen molar-refractivity contribution in [3.63, 3.8) is 0 Å². The van der Waals surface area contributed by atoms with Crippen molar-refractivity contribution in [1.82, 2.24) is 0 Å². The van der Waals surface area contributed by atoms with Crippen LogP contribution in [0, 0.1) is 0 Å². The average Bonchev–Trinajstić information content (AvgIpc) is 3.83. The van der Waals surface area contributed by atoms with Crippen LogP contribution in [0.5, 0.6) is 0 Å². The van der Waals surface area contributed by atoms with E-state index in [-0.39, 0.29) is 0 Å². The molecule has 0 spiro atoms. The standard InChI is InChI=1S/C66H46N2S/c1-5-22-47(23-6-1)48-40-42-53(43-41-48)67(63-45-44-58(51-28-11-4-12-29-51)66-65(63)59-35-16-20-39-64(59)69-66)62-38-19-15-34-57(62)52-30-21-31-54(46-52)68(60-36-17-13-32-55(60)49-24-7-2-8-25-49)61-37-18-14-33-56(61)50-26-9-3-10-27-50/h1-46H. The first-order valence-electron chi connectivity index (χ1n) is 23.5. The first kappa shape index (κ1) is 41.7. The van der Waals surface area contributed by atoms with Gasteiger partial charge in [0.25, 0.3) is 0 Å². The number of fused-ring (bicyclic) bond motifs is 3. The number of nitrogens with zero attached hydrogens (tertiary/aromatic N) is 2. The summed E-state index contributed by atoms with van der Waals surface area (Å²) in [5.41, 5.74) is 18.3. The predicted octanol–water partition coefficient (Wildman–Crippen LogP) is 19.3. The Morgan fingerprint density at radius 3 is 1.23 bits per heavy atom. The number of thiophene rings is 1. The van der Waals surface area contributed by atoms with Crippen molar-refractivity contribution in [1.29, 1.82) is 0 Å². The van der Waals surface area contributed by atoms with Gasteiger partial charge in [-0.15, -0.1) is 11.3 Å². The molecule has 0 amide bonds. The molecule has 2 nitrogen and oxygen atoms in total. The highest BCUT2D eigenvalue weighted by molar-refractivity contribution is 7.26. The molecular weight excluding hydrogens is 853 g/mol. The molecule has 0 aliphatic rings. The minimum Gasteiger partial charge on any atom is -0.309 e. The second-order valence-electron chi connectivity index (χ2n) is 17.2. The predicted molar refractivity (Wildman–Crippen MR) is 296 cm³/mol. The van der Waals surface area contributed by atoms with Crippen molar-refractivity contribution >= 4 is 65.6 Å². The van der Waals surface area contributed by atoms with Gasteiger partial charge in [0, 0.05) is 48.2 Å². The minimum absolute atomic E-state index is 1.06. The second-order valence-corrected chi connectivity index (χ2v) is 18.3. The molecule has 3 heteroatoms. The summed E-state index contributed by atoms with van der Waals surface area (Å²) in [4.78, 5) is 4.93. The summed E-state index contributed by atoms with van der Waals surface area (Å²) < 4.78 is 2.54. The van der Waals surface area contributed by atoms with Crippen LogP contribution in [-0.2, 0) is 0 Å². The molecule has 0 aliphatic heterocycles. The molecule has 11 aromatic carbocycles. The van der Waals surface area contributed by atoms with Gasteiger partial charge in [0.2, 0.25) is 0 Å². The number of benzene rings is 11. The van der Waals surface area contributed by atoms with Crippen LogP contribution in [0.25, 0.3) is 75.8 Å². The number of hydrogen-bond acceptors (Lipinski definition) is 3. The Kier molecular flexibility index (Phi) is 11.2. The maximum Gasteiger partial charge on any atom is 0.0555 e. The van der Waals surface area contributed by atoms with E-state index >= 15 is 0 Å². The molecule has 1 heterocycles. The fourth-order valence-corrected chi connectivity index (χ4v) is 11.1. The van der Waals surface area contributed by atoms with Gasteiger partial charge in [-0.2, -0.15) is 0 Å². The third-order valence-electron chi connectivity index (χ3n) is 13.1. The van der Waals surface area contributed by atoms with Gasteiger partial charge < -0.3 is 9.80 Å². The molecule has 0 N–H and O–H groups in total. The zero-order chi connectivity index (χ0) is 45.9. The van der Waals surface area contributed by atoms with E-state index in [4.69, 9.17) is 0 Å². The normalized spacial score (nSPS) is 11.2. The summed E-state index contributed by atoms with van der Waals surface area (Å²) in [6.07, 6.45) is 0. The molecule has 0 saturated heterocycles. The van der Waals surface area contributed by atoms with Crippen molar-refractivity contribution in [2.75, 3.05) is 9.80 Å². The van der Waals surface area contributed by atoms with Crippen molar-refractivity contribution in [2.45, 2.75) is 0 Å². The topological polar surface area (TPSA) is 6.48 Å². The zero-order valence-electron chi connectivity index (χ0n) is 37.9. The lowest BCUT2D eigenvalue weighted by molar-refractivity contribution is 1.28. The Hall–Kier alpha value is -8.76. The lowest BCUT2D eigenvalue weighted by Crippen LogP contribution is -2.13. The van der Waals surface area contributed by atoms with E-state index in [0.29, 0.717) is 0 Å². The molecule has 1 aromatic heterocycles. The molecule has 0 atom stereocenters. The largest absolute Gasteiger partial charge is 0.309 e. The van der Waals surface area contributed by atoms with Crippen LogP contribution in [0.15, 0.2) is 279 Å². The van der Waals surface area contributed by atoms with E-state index in [1.807, 2.05) is 11.3 Å². The highest BCUT2D eigenvalue weighted by Crippen LogP contribution is 2.51. The highest BCUT2D eigenvalue weighted by atomic mass is 32.1.